The zero-order valence-corrected chi connectivity index (χ0v) is 10.4. The number of carbonyl (C=O) groups excluding carboxylic acids is 1. The van der Waals surface area contributed by atoms with E-state index in [9.17, 15) is 4.79 Å². The highest BCUT2D eigenvalue weighted by Crippen LogP contribution is 2.11. The maximum absolute atomic E-state index is 11.9. The average molecular weight is 236 g/mol. The Morgan fingerprint density at radius 1 is 1.41 bits per heavy atom. The maximum Gasteiger partial charge on any atom is 0.239 e. The summed E-state index contributed by atoms with van der Waals surface area (Å²) in [4.78, 5) is 13.5. The molecule has 0 unspecified atom stereocenters. The van der Waals surface area contributed by atoms with Gasteiger partial charge in [-0.3, -0.25) is 4.79 Å². The largest absolute Gasteiger partial charge is 0.508 e. The fraction of sp³-hybridized carbons (Fsp3) is 0.462. The second-order valence-electron chi connectivity index (χ2n) is 4.24. The Bertz CT molecular complexity index is 362. The summed E-state index contributed by atoms with van der Waals surface area (Å²) in [6.45, 7) is 2.75. The van der Waals surface area contributed by atoms with Gasteiger partial charge in [0.15, 0.2) is 0 Å². The molecule has 0 fully saturated rings. The summed E-state index contributed by atoms with van der Waals surface area (Å²) in [5.74, 6) is 0.177. The van der Waals surface area contributed by atoms with Crippen molar-refractivity contribution in [3.05, 3.63) is 29.8 Å². The molecule has 1 aromatic rings. The second kappa shape index (κ2) is 6.25. The Hall–Kier alpha value is -1.55. The van der Waals surface area contributed by atoms with E-state index < -0.39 is 6.04 Å². The quantitative estimate of drug-likeness (QED) is 0.805. The van der Waals surface area contributed by atoms with Gasteiger partial charge in [-0.15, -0.1) is 0 Å². The molecule has 1 aromatic carbocycles. The summed E-state index contributed by atoms with van der Waals surface area (Å²) in [6.07, 6.45) is 1.42. The summed E-state index contributed by atoms with van der Waals surface area (Å²) in [5, 5.41) is 9.15. The van der Waals surface area contributed by atoms with E-state index in [1.165, 1.54) is 0 Å². The van der Waals surface area contributed by atoms with Gasteiger partial charge < -0.3 is 15.7 Å². The molecule has 0 saturated heterocycles. The molecule has 4 nitrogen and oxygen atoms in total. The number of benzene rings is 1. The fourth-order valence-corrected chi connectivity index (χ4v) is 1.70. The third-order valence-electron chi connectivity index (χ3n) is 2.64. The molecule has 1 rings (SSSR count). The lowest BCUT2D eigenvalue weighted by Gasteiger charge is -2.20. The molecule has 0 aliphatic carbocycles. The summed E-state index contributed by atoms with van der Waals surface area (Å²) < 4.78 is 0. The van der Waals surface area contributed by atoms with Crippen LogP contribution in [0.1, 0.15) is 18.9 Å². The summed E-state index contributed by atoms with van der Waals surface area (Å²) in [7, 11) is 1.77. The molecule has 3 N–H and O–H groups in total. The molecule has 0 aliphatic heterocycles. The van der Waals surface area contributed by atoms with Crippen molar-refractivity contribution >= 4 is 5.91 Å². The minimum absolute atomic E-state index is 0.0417. The third kappa shape index (κ3) is 4.07. The first-order valence-electron chi connectivity index (χ1n) is 5.83. The number of likely N-dealkylation sites (N-methyl/N-ethyl adjacent to an activating group) is 1. The van der Waals surface area contributed by atoms with Crippen LogP contribution in [0.5, 0.6) is 5.75 Å². The third-order valence-corrected chi connectivity index (χ3v) is 2.64. The van der Waals surface area contributed by atoms with Crippen molar-refractivity contribution in [2.24, 2.45) is 5.73 Å². The molecule has 1 amide bonds. The Labute approximate surface area is 102 Å². The van der Waals surface area contributed by atoms with E-state index in [1.807, 2.05) is 6.92 Å². The van der Waals surface area contributed by atoms with Crippen LogP contribution in [0, 0.1) is 0 Å². The Kier molecular flexibility index (Phi) is 4.97. The van der Waals surface area contributed by atoms with Crippen LogP contribution < -0.4 is 5.73 Å². The molecule has 0 heterocycles. The Morgan fingerprint density at radius 2 is 2.00 bits per heavy atom. The molecule has 0 radical (unpaired) electrons. The average Bonchev–Trinajstić information content (AvgIpc) is 2.31. The first-order chi connectivity index (χ1) is 8.04. The molecular formula is C13H20N2O2. The number of hydrogen-bond acceptors (Lipinski definition) is 3. The van der Waals surface area contributed by atoms with Gasteiger partial charge >= 0.3 is 0 Å². The van der Waals surface area contributed by atoms with Gasteiger partial charge in [-0.25, -0.2) is 0 Å². The molecule has 0 saturated carbocycles. The van der Waals surface area contributed by atoms with Crippen molar-refractivity contribution in [2.45, 2.75) is 25.8 Å². The monoisotopic (exact) mass is 236 g/mol. The maximum atomic E-state index is 11.9. The van der Waals surface area contributed by atoms with Gasteiger partial charge in [0.1, 0.15) is 5.75 Å². The number of phenolic OH excluding ortho intramolecular Hbond substituents is 1. The first-order valence-corrected chi connectivity index (χ1v) is 5.83. The minimum Gasteiger partial charge on any atom is -0.508 e. The minimum atomic E-state index is -0.518. The SMILES string of the molecule is CCCN(C)C(=O)[C@H](N)Cc1ccc(O)cc1. The Balaban J connectivity index is 2.56. The lowest BCUT2D eigenvalue weighted by molar-refractivity contribution is -0.131. The van der Waals surface area contributed by atoms with Crippen molar-refractivity contribution in [3.63, 3.8) is 0 Å². The standard InChI is InChI=1S/C13H20N2O2/c1-3-8-15(2)13(17)12(14)9-10-4-6-11(16)7-5-10/h4-7,12,16H,3,8-9,14H2,1-2H3/t12-/m1/s1. The molecule has 0 bridgehead atoms. The fourth-order valence-electron chi connectivity index (χ4n) is 1.70. The van der Waals surface area contributed by atoms with Gasteiger partial charge in [0.2, 0.25) is 5.91 Å². The number of aromatic hydroxyl groups is 1. The summed E-state index contributed by atoms with van der Waals surface area (Å²) in [6, 6.07) is 6.24. The van der Waals surface area contributed by atoms with Crippen molar-refractivity contribution in [2.75, 3.05) is 13.6 Å². The molecule has 1 atom stereocenters. The highest BCUT2D eigenvalue weighted by molar-refractivity contribution is 5.81. The van der Waals surface area contributed by atoms with Crippen LogP contribution in [0.25, 0.3) is 0 Å². The van der Waals surface area contributed by atoms with Crippen LogP contribution in [0.4, 0.5) is 0 Å². The molecule has 94 valence electrons. The highest BCUT2D eigenvalue weighted by atomic mass is 16.3. The number of nitrogens with two attached hydrogens (primary N) is 1. The van der Waals surface area contributed by atoms with Crippen LogP contribution in [0.15, 0.2) is 24.3 Å². The normalized spacial score (nSPS) is 12.2. The van der Waals surface area contributed by atoms with Crippen LogP contribution in [0.2, 0.25) is 0 Å². The topological polar surface area (TPSA) is 66.6 Å². The summed E-state index contributed by atoms with van der Waals surface area (Å²) in [5.41, 5.74) is 6.82. The van der Waals surface area contributed by atoms with E-state index in [0.717, 1.165) is 18.5 Å². The van der Waals surface area contributed by atoms with E-state index in [4.69, 9.17) is 10.8 Å². The predicted molar refractivity (Wildman–Crippen MR) is 67.7 cm³/mol. The number of amides is 1. The molecule has 17 heavy (non-hydrogen) atoms. The van der Waals surface area contributed by atoms with Crippen LogP contribution in [0.3, 0.4) is 0 Å². The van der Waals surface area contributed by atoms with E-state index in [1.54, 1.807) is 36.2 Å². The lowest BCUT2D eigenvalue weighted by atomic mass is 10.1. The Morgan fingerprint density at radius 3 is 2.53 bits per heavy atom. The number of hydrogen-bond donors (Lipinski definition) is 2. The lowest BCUT2D eigenvalue weighted by Crippen LogP contribution is -2.43. The van der Waals surface area contributed by atoms with Crippen molar-refractivity contribution in [1.82, 2.24) is 4.90 Å². The van der Waals surface area contributed by atoms with Gasteiger partial charge in [-0.05, 0) is 30.5 Å². The van der Waals surface area contributed by atoms with Crippen LogP contribution in [-0.2, 0) is 11.2 Å². The van der Waals surface area contributed by atoms with E-state index in [0.29, 0.717) is 6.42 Å². The number of phenols is 1. The van der Waals surface area contributed by atoms with Gasteiger partial charge in [-0.1, -0.05) is 19.1 Å². The van der Waals surface area contributed by atoms with Gasteiger partial charge in [-0.2, -0.15) is 0 Å². The van der Waals surface area contributed by atoms with E-state index >= 15 is 0 Å². The van der Waals surface area contributed by atoms with Crippen LogP contribution in [-0.4, -0.2) is 35.5 Å². The highest BCUT2D eigenvalue weighted by Gasteiger charge is 2.17. The smallest absolute Gasteiger partial charge is 0.239 e. The summed E-state index contributed by atoms with van der Waals surface area (Å²) >= 11 is 0. The molecular weight excluding hydrogens is 216 g/mol. The van der Waals surface area contributed by atoms with Crippen molar-refractivity contribution in [1.29, 1.82) is 0 Å². The van der Waals surface area contributed by atoms with Gasteiger partial charge in [0.05, 0.1) is 6.04 Å². The molecule has 0 spiro atoms. The molecule has 4 heteroatoms. The molecule has 0 aliphatic rings. The molecule has 0 aromatic heterocycles. The zero-order valence-electron chi connectivity index (χ0n) is 10.4. The van der Waals surface area contributed by atoms with E-state index in [-0.39, 0.29) is 11.7 Å². The van der Waals surface area contributed by atoms with Gasteiger partial charge in [0, 0.05) is 13.6 Å². The number of rotatable bonds is 5. The number of nitrogens with zero attached hydrogens (tertiary/aromatic N) is 1. The van der Waals surface area contributed by atoms with Gasteiger partial charge in [0.25, 0.3) is 0 Å². The van der Waals surface area contributed by atoms with Crippen LogP contribution >= 0.6 is 0 Å². The first kappa shape index (κ1) is 13.5. The zero-order chi connectivity index (χ0) is 12.8. The van der Waals surface area contributed by atoms with Crippen molar-refractivity contribution in [3.8, 4) is 5.75 Å². The van der Waals surface area contributed by atoms with E-state index in [2.05, 4.69) is 0 Å². The van der Waals surface area contributed by atoms with Crippen molar-refractivity contribution < 1.29 is 9.90 Å². The second-order valence-corrected chi connectivity index (χ2v) is 4.24. The number of carbonyl (C=O) groups is 1. The predicted octanol–water partition coefficient (Wildman–Crippen LogP) is 1.13.